The molecule has 0 aromatic heterocycles. The molecule has 2 atom stereocenters. The Balaban J connectivity index is 2.07. The molecule has 2 unspecified atom stereocenters. The van der Waals surface area contributed by atoms with Crippen molar-refractivity contribution in [3.8, 4) is 0 Å². The van der Waals surface area contributed by atoms with E-state index in [-0.39, 0.29) is 6.04 Å². The summed E-state index contributed by atoms with van der Waals surface area (Å²) in [5.41, 5.74) is 0. The standard InChI is InChI=1S/C16H30N2O/c1-4-12(5-2)11-18-15(13-9-7-8-10-13)17-14(6-3)16(18)19/h12-15,17H,4-11H2,1-3H3. The molecule has 19 heavy (non-hydrogen) atoms. The van der Waals surface area contributed by atoms with Gasteiger partial charge in [-0.1, -0.05) is 46.5 Å². The molecule has 1 heterocycles. The lowest BCUT2D eigenvalue weighted by Gasteiger charge is -2.31. The van der Waals surface area contributed by atoms with E-state index in [2.05, 4.69) is 31.0 Å². The predicted molar refractivity (Wildman–Crippen MR) is 78.7 cm³/mol. The summed E-state index contributed by atoms with van der Waals surface area (Å²) in [6.45, 7) is 7.55. The number of hydrogen-bond acceptors (Lipinski definition) is 2. The fourth-order valence-electron chi connectivity index (χ4n) is 3.69. The van der Waals surface area contributed by atoms with Gasteiger partial charge in [-0.05, 0) is 31.1 Å². The second-order valence-electron chi connectivity index (χ2n) is 6.29. The average molecular weight is 266 g/mol. The first kappa shape index (κ1) is 14.8. The third-order valence-corrected chi connectivity index (χ3v) is 5.15. The molecule has 3 nitrogen and oxygen atoms in total. The summed E-state index contributed by atoms with van der Waals surface area (Å²) in [6.07, 6.45) is 8.85. The molecule has 2 fully saturated rings. The lowest BCUT2D eigenvalue weighted by atomic mass is 10.00. The maximum Gasteiger partial charge on any atom is 0.241 e. The molecule has 0 radical (unpaired) electrons. The topological polar surface area (TPSA) is 32.3 Å². The Kier molecular flexibility index (Phi) is 5.26. The maximum absolute atomic E-state index is 12.5. The summed E-state index contributed by atoms with van der Waals surface area (Å²) in [6, 6.07) is 0.0694. The highest BCUT2D eigenvalue weighted by Crippen LogP contribution is 2.33. The van der Waals surface area contributed by atoms with Crippen LogP contribution >= 0.6 is 0 Å². The second kappa shape index (κ2) is 6.74. The minimum atomic E-state index is 0.0694. The van der Waals surface area contributed by atoms with Crippen LogP contribution in [0.3, 0.4) is 0 Å². The Morgan fingerprint density at radius 3 is 2.37 bits per heavy atom. The van der Waals surface area contributed by atoms with Gasteiger partial charge in [0.25, 0.3) is 0 Å². The van der Waals surface area contributed by atoms with E-state index in [1.165, 1.54) is 38.5 Å². The summed E-state index contributed by atoms with van der Waals surface area (Å²) in [4.78, 5) is 14.7. The van der Waals surface area contributed by atoms with Crippen LogP contribution in [0.4, 0.5) is 0 Å². The number of amides is 1. The molecule has 110 valence electrons. The highest BCUT2D eigenvalue weighted by atomic mass is 16.2. The van der Waals surface area contributed by atoms with Gasteiger partial charge < -0.3 is 4.90 Å². The van der Waals surface area contributed by atoms with Crippen LogP contribution in [-0.4, -0.2) is 29.6 Å². The van der Waals surface area contributed by atoms with Gasteiger partial charge in [-0.25, -0.2) is 0 Å². The molecule has 2 aliphatic rings. The molecular formula is C16H30N2O. The van der Waals surface area contributed by atoms with Gasteiger partial charge in [-0.2, -0.15) is 0 Å². The summed E-state index contributed by atoms with van der Waals surface area (Å²) in [7, 11) is 0. The van der Waals surface area contributed by atoms with Crippen LogP contribution in [0.5, 0.6) is 0 Å². The summed E-state index contributed by atoms with van der Waals surface area (Å²) >= 11 is 0. The van der Waals surface area contributed by atoms with Crippen LogP contribution in [0.15, 0.2) is 0 Å². The molecule has 0 bridgehead atoms. The Labute approximate surface area is 118 Å². The fourth-order valence-corrected chi connectivity index (χ4v) is 3.69. The first-order chi connectivity index (χ1) is 9.21. The monoisotopic (exact) mass is 266 g/mol. The van der Waals surface area contributed by atoms with E-state index in [9.17, 15) is 4.79 Å². The number of rotatable bonds is 6. The number of hydrogen-bond donors (Lipinski definition) is 1. The zero-order chi connectivity index (χ0) is 13.8. The van der Waals surface area contributed by atoms with E-state index in [0.717, 1.165) is 13.0 Å². The Hall–Kier alpha value is -0.570. The van der Waals surface area contributed by atoms with Crippen molar-refractivity contribution in [2.45, 2.75) is 77.9 Å². The van der Waals surface area contributed by atoms with Crippen molar-refractivity contribution in [3.63, 3.8) is 0 Å². The molecule has 3 heteroatoms. The largest absolute Gasteiger partial charge is 0.325 e. The zero-order valence-corrected chi connectivity index (χ0v) is 12.8. The SMILES string of the molecule is CCC(CC)CN1C(=O)C(CC)NC1C1CCCC1. The highest BCUT2D eigenvalue weighted by Gasteiger charge is 2.42. The van der Waals surface area contributed by atoms with Crippen molar-refractivity contribution in [3.05, 3.63) is 0 Å². The highest BCUT2D eigenvalue weighted by molar-refractivity contribution is 5.84. The third-order valence-electron chi connectivity index (χ3n) is 5.15. The van der Waals surface area contributed by atoms with Crippen LogP contribution in [-0.2, 0) is 4.79 Å². The van der Waals surface area contributed by atoms with Crippen molar-refractivity contribution in [2.75, 3.05) is 6.54 Å². The van der Waals surface area contributed by atoms with Crippen molar-refractivity contribution in [1.29, 1.82) is 0 Å². The Morgan fingerprint density at radius 1 is 1.21 bits per heavy atom. The van der Waals surface area contributed by atoms with Crippen LogP contribution in [0.25, 0.3) is 0 Å². The Bertz CT molecular complexity index is 295. The molecule has 1 amide bonds. The fraction of sp³-hybridized carbons (Fsp3) is 0.938. The van der Waals surface area contributed by atoms with Gasteiger partial charge in [0.2, 0.25) is 5.91 Å². The summed E-state index contributed by atoms with van der Waals surface area (Å²) in [5.74, 6) is 1.70. The molecule has 1 saturated carbocycles. The average Bonchev–Trinajstić information content (AvgIpc) is 3.04. The van der Waals surface area contributed by atoms with Gasteiger partial charge in [-0.15, -0.1) is 0 Å². The van der Waals surface area contributed by atoms with E-state index in [1.807, 2.05) is 0 Å². The smallest absolute Gasteiger partial charge is 0.241 e. The zero-order valence-electron chi connectivity index (χ0n) is 12.8. The van der Waals surface area contributed by atoms with Gasteiger partial charge in [0.05, 0.1) is 12.2 Å². The van der Waals surface area contributed by atoms with Crippen LogP contribution in [0.2, 0.25) is 0 Å². The summed E-state index contributed by atoms with van der Waals surface area (Å²) < 4.78 is 0. The summed E-state index contributed by atoms with van der Waals surface area (Å²) in [5, 5.41) is 3.61. The number of nitrogens with zero attached hydrogens (tertiary/aromatic N) is 1. The van der Waals surface area contributed by atoms with Crippen LogP contribution < -0.4 is 5.32 Å². The van der Waals surface area contributed by atoms with E-state index in [4.69, 9.17) is 0 Å². The minimum Gasteiger partial charge on any atom is -0.325 e. The van der Waals surface area contributed by atoms with E-state index in [1.54, 1.807) is 0 Å². The molecule has 1 saturated heterocycles. The van der Waals surface area contributed by atoms with Crippen molar-refractivity contribution >= 4 is 5.91 Å². The van der Waals surface area contributed by atoms with E-state index < -0.39 is 0 Å². The molecule has 1 N–H and O–H groups in total. The lowest BCUT2D eigenvalue weighted by molar-refractivity contribution is -0.131. The normalized spacial score (nSPS) is 28.8. The van der Waals surface area contributed by atoms with Crippen LogP contribution in [0, 0.1) is 11.8 Å². The van der Waals surface area contributed by atoms with Gasteiger partial charge in [0.15, 0.2) is 0 Å². The second-order valence-corrected chi connectivity index (χ2v) is 6.29. The molecule has 0 aromatic rings. The number of nitrogens with one attached hydrogen (secondary N) is 1. The van der Waals surface area contributed by atoms with Crippen LogP contribution in [0.1, 0.15) is 65.7 Å². The molecule has 1 aliphatic heterocycles. The minimum absolute atomic E-state index is 0.0694. The molecule has 0 spiro atoms. The lowest BCUT2D eigenvalue weighted by Crippen LogP contribution is -2.44. The predicted octanol–water partition coefficient (Wildman–Crippen LogP) is 3.15. The molecule has 0 aromatic carbocycles. The van der Waals surface area contributed by atoms with Gasteiger partial charge >= 0.3 is 0 Å². The maximum atomic E-state index is 12.5. The van der Waals surface area contributed by atoms with Crippen molar-refractivity contribution in [2.24, 2.45) is 11.8 Å². The first-order valence-electron chi connectivity index (χ1n) is 8.27. The molecule has 1 aliphatic carbocycles. The van der Waals surface area contributed by atoms with Gasteiger partial charge in [-0.3, -0.25) is 10.1 Å². The van der Waals surface area contributed by atoms with Crippen molar-refractivity contribution in [1.82, 2.24) is 10.2 Å². The first-order valence-corrected chi connectivity index (χ1v) is 8.27. The van der Waals surface area contributed by atoms with E-state index >= 15 is 0 Å². The quantitative estimate of drug-likeness (QED) is 0.801. The third kappa shape index (κ3) is 3.13. The molecule has 2 rings (SSSR count). The van der Waals surface area contributed by atoms with E-state index in [0.29, 0.717) is 23.9 Å². The van der Waals surface area contributed by atoms with Crippen molar-refractivity contribution < 1.29 is 4.79 Å². The van der Waals surface area contributed by atoms with Gasteiger partial charge in [0.1, 0.15) is 0 Å². The molecular weight excluding hydrogens is 236 g/mol. The number of carbonyl (C=O) groups is 1. The van der Waals surface area contributed by atoms with Gasteiger partial charge in [0, 0.05) is 6.54 Å². The number of carbonyl (C=O) groups excluding carboxylic acids is 1. The Morgan fingerprint density at radius 2 is 1.84 bits per heavy atom.